The van der Waals surface area contributed by atoms with Crippen molar-refractivity contribution in [3.8, 4) is 0 Å². The summed E-state index contributed by atoms with van der Waals surface area (Å²) in [5.74, 6) is 1.26. The molecule has 0 amide bonds. The Morgan fingerprint density at radius 2 is 1.62 bits per heavy atom. The lowest BCUT2D eigenvalue weighted by atomic mass is 9.99. The minimum absolute atomic E-state index is 0.195. The van der Waals surface area contributed by atoms with E-state index in [2.05, 4.69) is 64.2 Å². The summed E-state index contributed by atoms with van der Waals surface area (Å²) in [6.45, 7) is 11.7. The molecular formula is C18H31NOS. The van der Waals surface area contributed by atoms with Crippen LogP contribution in [-0.2, 0) is 10.8 Å². The van der Waals surface area contributed by atoms with Crippen LogP contribution >= 0.6 is 0 Å². The van der Waals surface area contributed by atoms with Crippen molar-refractivity contribution in [2.24, 2.45) is 0 Å². The van der Waals surface area contributed by atoms with Crippen LogP contribution in [0, 0.1) is 0 Å². The van der Waals surface area contributed by atoms with Gasteiger partial charge in [-0.15, -0.1) is 0 Å². The van der Waals surface area contributed by atoms with E-state index in [9.17, 15) is 4.21 Å². The van der Waals surface area contributed by atoms with Crippen molar-refractivity contribution in [2.75, 3.05) is 12.3 Å². The van der Waals surface area contributed by atoms with E-state index in [1.54, 1.807) is 0 Å². The van der Waals surface area contributed by atoms with Crippen LogP contribution < -0.4 is 5.32 Å². The molecule has 0 aromatic heterocycles. The summed E-state index contributed by atoms with van der Waals surface area (Å²) in [6.07, 6.45) is 2.07. The lowest BCUT2D eigenvalue weighted by Crippen LogP contribution is -2.29. The molecule has 0 saturated carbocycles. The Bertz CT molecular complexity index is 427. The predicted octanol–water partition coefficient (Wildman–Crippen LogP) is 4.40. The number of nitrogens with one attached hydrogen (secondary N) is 1. The predicted molar refractivity (Wildman–Crippen MR) is 94.3 cm³/mol. The Kier molecular flexibility index (Phi) is 8.20. The Morgan fingerprint density at radius 1 is 1.05 bits per heavy atom. The highest BCUT2D eigenvalue weighted by Crippen LogP contribution is 2.20. The maximum atomic E-state index is 12.4. The Hall–Kier alpha value is -0.670. The van der Waals surface area contributed by atoms with E-state index in [0.717, 1.165) is 19.4 Å². The van der Waals surface area contributed by atoms with Crippen LogP contribution in [0.25, 0.3) is 0 Å². The molecule has 3 heteroatoms. The van der Waals surface area contributed by atoms with Crippen molar-refractivity contribution in [2.45, 2.75) is 64.7 Å². The molecule has 0 fully saturated rings. The van der Waals surface area contributed by atoms with Gasteiger partial charge in [0.15, 0.2) is 0 Å². The van der Waals surface area contributed by atoms with E-state index >= 15 is 0 Å². The van der Waals surface area contributed by atoms with Gasteiger partial charge in [0.25, 0.3) is 0 Å². The van der Waals surface area contributed by atoms with Gasteiger partial charge in [0.2, 0.25) is 0 Å². The minimum Gasteiger partial charge on any atom is -0.309 e. The van der Waals surface area contributed by atoms with Gasteiger partial charge in [0.05, 0.1) is 0 Å². The first-order valence-electron chi connectivity index (χ1n) is 8.19. The van der Waals surface area contributed by atoms with Gasteiger partial charge in [-0.3, -0.25) is 4.21 Å². The molecule has 0 aliphatic rings. The molecule has 0 aliphatic heterocycles. The molecule has 0 spiro atoms. The molecule has 120 valence electrons. The van der Waals surface area contributed by atoms with Gasteiger partial charge in [0.1, 0.15) is 0 Å². The van der Waals surface area contributed by atoms with Crippen LogP contribution in [0.2, 0.25) is 0 Å². The topological polar surface area (TPSA) is 29.1 Å². The quantitative estimate of drug-likeness (QED) is 0.732. The fourth-order valence-corrected chi connectivity index (χ4v) is 3.56. The van der Waals surface area contributed by atoms with E-state index in [4.69, 9.17) is 0 Å². The zero-order chi connectivity index (χ0) is 15.8. The second-order valence-electron chi connectivity index (χ2n) is 6.09. The van der Waals surface area contributed by atoms with Crippen LogP contribution in [0.1, 0.15) is 70.5 Å². The molecule has 21 heavy (non-hydrogen) atoms. The van der Waals surface area contributed by atoms with Crippen LogP contribution in [0.15, 0.2) is 24.3 Å². The van der Waals surface area contributed by atoms with E-state index in [-0.39, 0.29) is 11.3 Å². The standard InChI is InChI=1S/C18H31NOS/c1-6-12-19-18(13-21(20)15(5)7-2)17-10-8-16(9-11-17)14(3)4/h8-11,14-15,18-19H,6-7,12-13H2,1-5H3. The van der Waals surface area contributed by atoms with E-state index in [0.29, 0.717) is 11.7 Å². The molecule has 1 rings (SSSR count). The van der Waals surface area contributed by atoms with Crippen molar-refractivity contribution >= 4 is 10.8 Å². The Balaban J connectivity index is 2.83. The summed E-state index contributed by atoms with van der Waals surface area (Å²) < 4.78 is 12.4. The summed E-state index contributed by atoms with van der Waals surface area (Å²) in [5, 5.41) is 3.82. The van der Waals surface area contributed by atoms with Crippen molar-refractivity contribution < 1.29 is 4.21 Å². The molecule has 3 unspecified atom stereocenters. The smallest absolute Gasteiger partial charge is 0.0436 e. The average Bonchev–Trinajstić information content (AvgIpc) is 2.50. The van der Waals surface area contributed by atoms with Crippen molar-refractivity contribution in [3.63, 3.8) is 0 Å². The molecule has 0 heterocycles. The molecular weight excluding hydrogens is 278 g/mol. The fourth-order valence-electron chi connectivity index (χ4n) is 2.22. The highest BCUT2D eigenvalue weighted by molar-refractivity contribution is 7.85. The maximum Gasteiger partial charge on any atom is 0.0436 e. The van der Waals surface area contributed by atoms with E-state index in [1.807, 2.05) is 0 Å². The molecule has 0 aliphatic carbocycles. The molecule has 1 aromatic rings. The first-order chi connectivity index (χ1) is 9.99. The number of hydrogen-bond donors (Lipinski definition) is 1. The Labute approximate surface area is 133 Å². The minimum atomic E-state index is -0.775. The molecule has 3 atom stereocenters. The second kappa shape index (κ2) is 9.37. The van der Waals surface area contributed by atoms with Gasteiger partial charge in [-0.05, 0) is 36.4 Å². The van der Waals surface area contributed by atoms with E-state index in [1.165, 1.54) is 11.1 Å². The van der Waals surface area contributed by atoms with Gasteiger partial charge < -0.3 is 5.32 Å². The van der Waals surface area contributed by atoms with Crippen molar-refractivity contribution in [3.05, 3.63) is 35.4 Å². The van der Waals surface area contributed by atoms with E-state index < -0.39 is 10.8 Å². The molecule has 1 aromatic carbocycles. The second-order valence-corrected chi connectivity index (χ2v) is 7.99. The first-order valence-corrected chi connectivity index (χ1v) is 9.58. The average molecular weight is 310 g/mol. The SMILES string of the molecule is CCCNC(CS(=O)C(C)CC)c1ccc(C(C)C)cc1. The van der Waals surface area contributed by atoms with Gasteiger partial charge in [-0.1, -0.05) is 58.9 Å². The van der Waals surface area contributed by atoms with Crippen LogP contribution in [0.5, 0.6) is 0 Å². The van der Waals surface area contributed by atoms with Crippen LogP contribution in [-0.4, -0.2) is 21.8 Å². The fraction of sp³-hybridized carbons (Fsp3) is 0.667. The van der Waals surface area contributed by atoms with Gasteiger partial charge in [-0.2, -0.15) is 0 Å². The first kappa shape index (κ1) is 18.4. The normalized spacial score (nSPS) is 15.9. The van der Waals surface area contributed by atoms with Crippen LogP contribution in [0.4, 0.5) is 0 Å². The monoisotopic (exact) mass is 309 g/mol. The summed E-state index contributed by atoms with van der Waals surface area (Å²) in [6, 6.07) is 8.98. The lowest BCUT2D eigenvalue weighted by molar-refractivity contribution is 0.567. The molecule has 0 radical (unpaired) electrons. The van der Waals surface area contributed by atoms with Crippen molar-refractivity contribution in [1.82, 2.24) is 5.32 Å². The molecule has 1 N–H and O–H groups in total. The van der Waals surface area contributed by atoms with Gasteiger partial charge in [-0.25, -0.2) is 0 Å². The molecule has 0 bridgehead atoms. The number of hydrogen-bond acceptors (Lipinski definition) is 2. The third-order valence-corrected chi connectivity index (χ3v) is 5.89. The molecule has 0 saturated heterocycles. The molecule has 2 nitrogen and oxygen atoms in total. The number of benzene rings is 1. The third kappa shape index (κ3) is 5.91. The van der Waals surface area contributed by atoms with Crippen LogP contribution in [0.3, 0.4) is 0 Å². The zero-order valence-corrected chi connectivity index (χ0v) is 15.0. The van der Waals surface area contributed by atoms with Gasteiger partial charge in [0, 0.05) is 27.8 Å². The summed E-state index contributed by atoms with van der Waals surface area (Å²) in [7, 11) is -0.775. The highest BCUT2D eigenvalue weighted by atomic mass is 32.2. The van der Waals surface area contributed by atoms with Crippen molar-refractivity contribution in [1.29, 1.82) is 0 Å². The number of rotatable bonds is 9. The summed E-state index contributed by atoms with van der Waals surface area (Å²) in [4.78, 5) is 0. The Morgan fingerprint density at radius 3 is 2.10 bits per heavy atom. The van der Waals surface area contributed by atoms with Gasteiger partial charge >= 0.3 is 0 Å². The third-order valence-electron chi connectivity index (χ3n) is 4.00. The summed E-state index contributed by atoms with van der Waals surface area (Å²) in [5.41, 5.74) is 2.61. The zero-order valence-electron chi connectivity index (χ0n) is 14.2. The largest absolute Gasteiger partial charge is 0.309 e. The highest BCUT2D eigenvalue weighted by Gasteiger charge is 2.17. The maximum absolute atomic E-state index is 12.4. The lowest BCUT2D eigenvalue weighted by Gasteiger charge is -2.21. The summed E-state index contributed by atoms with van der Waals surface area (Å²) >= 11 is 0.